The molecule has 3 aromatic rings. The van der Waals surface area contributed by atoms with Crippen LogP contribution in [-0.4, -0.2) is 0 Å². The molecule has 0 bridgehead atoms. The molecule has 4 rings (SSSR count). The van der Waals surface area contributed by atoms with Gasteiger partial charge in [-0.3, -0.25) is 0 Å². The number of unbranched alkanes of at least 4 members (excludes halogenated alkanes) is 4. The molecule has 0 spiro atoms. The highest BCUT2D eigenvalue weighted by Gasteiger charge is 2.20. The first kappa shape index (κ1) is 19.2. The minimum absolute atomic E-state index is 0.111. The number of aryl methyl sites for hydroxylation is 2. The van der Waals surface area contributed by atoms with Crippen LogP contribution in [0.5, 0.6) is 0 Å². The highest BCUT2D eigenvalue weighted by molar-refractivity contribution is 5.84. The third kappa shape index (κ3) is 4.46. The molecule has 1 heteroatoms. The van der Waals surface area contributed by atoms with Gasteiger partial charge in [-0.05, 0) is 83.2 Å². The summed E-state index contributed by atoms with van der Waals surface area (Å²) in [4.78, 5) is 0. The molecule has 0 saturated carbocycles. The van der Waals surface area contributed by atoms with E-state index in [0.29, 0.717) is 5.92 Å². The fraction of sp³-hybridized carbons (Fsp3) is 0.407. The Morgan fingerprint density at radius 1 is 0.821 bits per heavy atom. The van der Waals surface area contributed by atoms with Crippen LogP contribution >= 0.6 is 0 Å². The van der Waals surface area contributed by atoms with Crippen molar-refractivity contribution >= 4 is 10.8 Å². The average molecular weight is 375 g/mol. The van der Waals surface area contributed by atoms with Gasteiger partial charge in [-0.1, -0.05) is 75.1 Å². The molecule has 28 heavy (non-hydrogen) atoms. The second-order valence-electron chi connectivity index (χ2n) is 8.46. The zero-order valence-corrected chi connectivity index (χ0v) is 17.0. The van der Waals surface area contributed by atoms with Crippen molar-refractivity contribution in [2.24, 2.45) is 0 Å². The molecule has 146 valence electrons. The van der Waals surface area contributed by atoms with Crippen LogP contribution < -0.4 is 0 Å². The SMILES string of the molecule is CCCCCCCc1ccc2cc(C3CCc4ccc(F)cc4C3)ccc2c1. The van der Waals surface area contributed by atoms with Gasteiger partial charge >= 0.3 is 0 Å². The lowest BCUT2D eigenvalue weighted by Crippen LogP contribution is -2.13. The first-order valence-corrected chi connectivity index (χ1v) is 11.0. The quantitative estimate of drug-likeness (QED) is 0.371. The summed E-state index contributed by atoms with van der Waals surface area (Å²) in [6.45, 7) is 2.27. The van der Waals surface area contributed by atoms with Crippen LogP contribution in [0.15, 0.2) is 54.6 Å². The van der Waals surface area contributed by atoms with Gasteiger partial charge in [0.15, 0.2) is 0 Å². The number of hydrogen-bond acceptors (Lipinski definition) is 0. The van der Waals surface area contributed by atoms with Gasteiger partial charge < -0.3 is 0 Å². The Kier molecular flexibility index (Phi) is 6.10. The average Bonchev–Trinajstić information content (AvgIpc) is 2.72. The summed E-state index contributed by atoms with van der Waals surface area (Å²) in [5.74, 6) is 0.386. The topological polar surface area (TPSA) is 0 Å². The van der Waals surface area contributed by atoms with Crippen molar-refractivity contribution in [1.29, 1.82) is 0 Å². The molecule has 3 aromatic carbocycles. The van der Waals surface area contributed by atoms with E-state index in [2.05, 4.69) is 43.3 Å². The van der Waals surface area contributed by atoms with Crippen LogP contribution in [-0.2, 0) is 19.3 Å². The van der Waals surface area contributed by atoms with Crippen molar-refractivity contribution in [2.75, 3.05) is 0 Å². The summed E-state index contributed by atoms with van der Waals surface area (Å²) in [7, 11) is 0. The molecule has 0 aliphatic heterocycles. The second-order valence-corrected chi connectivity index (χ2v) is 8.46. The van der Waals surface area contributed by atoms with Crippen molar-refractivity contribution in [3.05, 3.63) is 82.7 Å². The predicted octanol–water partition coefficient (Wildman–Crippen LogP) is 7.76. The van der Waals surface area contributed by atoms with Crippen LogP contribution in [0.25, 0.3) is 10.8 Å². The molecule has 0 heterocycles. The molecule has 0 fully saturated rings. The van der Waals surface area contributed by atoms with E-state index in [0.717, 1.165) is 19.3 Å². The molecule has 1 atom stereocenters. The van der Waals surface area contributed by atoms with Gasteiger partial charge in [0.05, 0.1) is 0 Å². The van der Waals surface area contributed by atoms with E-state index in [1.54, 1.807) is 12.1 Å². The van der Waals surface area contributed by atoms with Crippen molar-refractivity contribution in [3.8, 4) is 0 Å². The van der Waals surface area contributed by atoms with Crippen LogP contribution in [0.3, 0.4) is 0 Å². The largest absolute Gasteiger partial charge is 0.207 e. The van der Waals surface area contributed by atoms with Gasteiger partial charge in [-0.2, -0.15) is 0 Å². The van der Waals surface area contributed by atoms with E-state index in [4.69, 9.17) is 0 Å². The van der Waals surface area contributed by atoms with Crippen LogP contribution in [0.4, 0.5) is 4.39 Å². The van der Waals surface area contributed by atoms with E-state index >= 15 is 0 Å². The Hall–Kier alpha value is -2.15. The number of rotatable bonds is 7. The number of fused-ring (bicyclic) bond motifs is 2. The normalized spacial score (nSPS) is 16.3. The Balaban J connectivity index is 1.45. The molecule has 1 aliphatic carbocycles. The summed E-state index contributed by atoms with van der Waals surface area (Å²) in [6.07, 6.45) is 11.0. The molecule has 0 amide bonds. The van der Waals surface area contributed by atoms with E-state index < -0.39 is 0 Å². The van der Waals surface area contributed by atoms with Crippen molar-refractivity contribution in [3.63, 3.8) is 0 Å². The zero-order valence-electron chi connectivity index (χ0n) is 17.0. The Labute approximate surface area is 168 Å². The summed E-state index contributed by atoms with van der Waals surface area (Å²) < 4.78 is 13.6. The summed E-state index contributed by atoms with van der Waals surface area (Å²) in [5, 5.41) is 2.68. The van der Waals surface area contributed by atoms with Gasteiger partial charge in [0, 0.05) is 0 Å². The van der Waals surface area contributed by atoms with Crippen LogP contribution in [0.2, 0.25) is 0 Å². The van der Waals surface area contributed by atoms with Crippen LogP contribution in [0, 0.1) is 5.82 Å². The standard InChI is InChI=1S/C27H31F/c1-2-3-4-5-6-7-20-8-9-23-17-24(13-12-22(23)16-20)25-11-10-21-14-15-27(28)19-26(21)18-25/h8-9,12-17,19,25H,2-7,10-11,18H2,1H3. The van der Waals surface area contributed by atoms with Gasteiger partial charge in [0.2, 0.25) is 0 Å². The molecule has 1 unspecified atom stereocenters. The van der Waals surface area contributed by atoms with E-state index in [-0.39, 0.29) is 5.82 Å². The number of hydrogen-bond donors (Lipinski definition) is 0. The Morgan fingerprint density at radius 2 is 1.64 bits per heavy atom. The van der Waals surface area contributed by atoms with Crippen molar-refractivity contribution in [1.82, 2.24) is 0 Å². The molecular weight excluding hydrogens is 343 g/mol. The maximum absolute atomic E-state index is 13.6. The van der Waals surface area contributed by atoms with Gasteiger partial charge in [0.25, 0.3) is 0 Å². The first-order chi connectivity index (χ1) is 13.7. The summed E-state index contributed by atoms with van der Waals surface area (Å²) in [6, 6.07) is 19.2. The molecule has 0 nitrogen and oxygen atoms in total. The molecule has 0 N–H and O–H groups in total. The van der Waals surface area contributed by atoms with Gasteiger partial charge in [-0.15, -0.1) is 0 Å². The van der Waals surface area contributed by atoms with Crippen molar-refractivity contribution in [2.45, 2.75) is 70.6 Å². The summed E-state index contributed by atoms with van der Waals surface area (Å²) >= 11 is 0. The Bertz CT molecular complexity index is 940. The fourth-order valence-corrected chi connectivity index (χ4v) is 4.67. The predicted molar refractivity (Wildman–Crippen MR) is 118 cm³/mol. The highest BCUT2D eigenvalue weighted by Crippen LogP contribution is 2.34. The Morgan fingerprint density at radius 3 is 2.54 bits per heavy atom. The van der Waals surface area contributed by atoms with Crippen LogP contribution in [0.1, 0.15) is 73.6 Å². The third-order valence-corrected chi connectivity index (χ3v) is 6.37. The molecule has 1 aliphatic rings. The third-order valence-electron chi connectivity index (χ3n) is 6.37. The maximum Gasteiger partial charge on any atom is 0.123 e. The smallest absolute Gasteiger partial charge is 0.123 e. The summed E-state index contributed by atoms with van der Waals surface area (Å²) in [5.41, 5.74) is 5.37. The fourth-order valence-electron chi connectivity index (χ4n) is 4.67. The zero-order chi connectivity index (χ0) is 19.3. The van der Waals surface area contributed by atoms with E-state index in [1.165, 1.54) is 71.6 Å². The van der Waals surface area contributed by atoms with Crippen molar-refractivity contribution < 1.29 is 4.39 Å². The number of halogens is 1. The molecular formula is C27H31F. The van der Waals surface area contributed by atoms with E-state index in [9.17, 15) is 4.39 Å². The first-order valence-electron chi connectivity index (χ1n) is 11.0. The second kappa shape index (κ2) is 8.90. The molecule has 0 saturated heterocycles. The lowest BCUT2D eigenvalue weighted by molar-refractivity contribution is 0.572. The van der Waals surface area contributed by atoms with E-state index in [1.807, 2.05) is 6.07 Å². The molecule has 0 aromatic heterocycles. The lowest BCUT2D eigenvalue weighted by Gasteiger charge is -2.25. The maximum atomic E-state index is 13.6. The number of benzene rings is 3. The van der Waals surface area contributed by atoms with Gasteiger partial charge in [0.1, 0.15) is 5.82 Å². The monoisotopic (exact) mass is 374 g/mol. The van der Waals surface area contributed by atoms with Gasteiger partial charge in [-0.25, -0.2) is 4.39 Å². The lowest BCUT2D eigenvalue weighted by atomic mass is 9.80. The minimum atomic E-state index is -0.111. The minimum Gasteiger partial charge on any atom is -0.207 e. The molecule has 0 radical (unpaired) electrons. The highest BCUT2D eigenvalue weighted by atomic mass is 19.1.